The van der Waals surface area contributed by atoms with E-state index in [0.717, 1.165) is 24.9 Å². The van der Waals surface area contributed by atoms with Gasteiger partial charge in [0.2, 0.25) is 5.91 Å². The van der Waals surface area contributed by atoms with Crippen molar-refractivity contribution < 1.29 is 4.79 Å². The highest BCUT2D eigenvalue weighted by Crippen LogP contribution is 2.24. The molecule has 0 saturated heterocycles. The molecule has 0 aromatic heterocycles. The number of nitrogens with zero attached hydrogens (tertiary/aromatic N) is 1. The highest BCUT2D eigenvalue weighted by Gasteiger charge is 2.15. The molecular weight excluding hydrogens is 288 g/mol. The number of hydrogen-bond acceptors (Lipinski definition) is 2. The first-order valence-electron chi connectivity index (χ1n) is 8.69. The standard InChI is InChI=1S/C18H26N4O/c19-18(20-12-17(23)21-15-7-2-1-3-8-15)22-16-10-9-13-5-4-6-14(13)11-16/h9-11,15H,1-8,12H2,(H,21,23)(H3,19,20,22). The SMILES string of the molecule is NC(=NCC(=O)NC1CCCCC1)Nc1ccc2c(c1)CCC2. The van der Waals surface area contributed by atoms with Crippen LogP contribution in [0.2, 0.25) is 0 Å². The second kappa shape index (κ2) is 7.49. The number of aliphatic imine (C=N–C) groups is 1. The molecular formula is C18H26N4O. The molecule has 1 saturated carbocycles. The van der Waals surface area contributed by atoms with E-state index >= 15 is 0 Å². The molecule has 2 aliphatic carbocycles. The normalized spacial score (nSPS) is 18.5. The quantitative estimate of drug-likeness (QED) is 0.589. The fourth-order valence-corrected chi connectivity index (χ4v) is 3.51. The number of nitrogens with one attached hydrogen (secondary N) is 2. The molecule has 3 rings (SSSR count). The first kappa shape index (κ1) is 15.8. The van der Waals surface area contributed by atoms with Crippen molar-refractivity contribution in [2.75, 3.05) is 11.9 Å². The van der Waals surface area contributed by atoms with Crippen molar-refractivity contribution in [3.63, 3.8) is 0 Å². The molecule has 0 spiro atoms. The zero-order chi connectivity index (χ0) is 16.1. The van der Waals surface area contributed by atoms with Crippen LogP contribution in [0.4, 0.5) is 5.69 Å². The third-order valence-electron chi connectivity index (χ3n) is 4.73. The first-order valence-corrected chi connectivity index (χ1v) is 8.69. The summed E-state index contributed by atoms with van der Waals surface area (Å²) in [6.45, 7) is 0.0836. The minimum absolute atomic E-state index is 0.0457. The van der Waals surface area contributed by atoms with Crippen LogP contribution in [-0.2, 0) is 17.6 Å². The molecule has 1 aromatic rings. The van der Waals surface area contributed by atoms with Crippen molar-refractivity contribution in [1.29, 1.82) is 0 Å². The average Bonchev–Trinajstić information content (AvgIpc) is 3.01. The Labute approximate surface area is 137 Å². The number of hydrogen-bond donors (Lipinski definition) is 3. The number of guanidine groups is 1. The molecule has 5 nitrogen and oxygen atoms in total. The Hall–Kier alpha value is -2.04. The summed E-state index contributed by atoms with van der Waals surface area (Å²) in [5.41, 5.74) is 9.65. The Kier molecular flexibility index (Phi) is 5.16. The largest absolute Gasteiger partial charge is 0.370 e. The lowest BCUT2D eigenvalue weighted by atomic mass is 9.95. The lowest BCUT2D eigenvalue weighted by molar-refractivity contribution is -0.120. The van der Waals surface area contributed by atoms with Gasteiger partial charge in [-0.1, -0.05) is 25.3 Å². The summed E-state index contributed by atoms with van der Waals surface area (Å²) in [5, 5.41) is 6.12. The van der Waals surface area contributed by atoms with Gasteiger partial charge in [-0.25, -0.2) is 4.99 Å². The lowest BCUT2D eigenvalue weighted by Gasteiger charge is -2.22. The molecule has 0 unspecified atom stereocenters. The highest BCUT2D eigenvalue weighted by molar-refractivity contribution is 5.94. The van der Waals surface area contributed by atoms with Gasteiger partial charge in [0.25, 0.3) is 0 Å². The predicted octanol–water partition coefficient (Wildman–Crippen LogP) is 2.35. The number of amides is 1. The first-order chi connectivity index (χ1) is 11.2. The number of anilines is 1. The fourth-order valence-electron chi connectivity index (χ4n) is 3.51. The van der Waals surface area contributed by atoms with Gasteiger partial charge in [0.15, 0.2) is 5.96 Å². The molecule has 0 bridgehead atoms. The van der Waals surface area contributed by atoms with E-state index in [1.54, 1.807) is 0 Å². The van der Waals surface area contributed by atoms with Crippen LogP contribution in [0.1, 0.15) is 49.7 Å². The smallest absolute Gasteiger partial charge is 0.242 e. The van der Waals surface area contributed by atoms with Crippen LogP contribution in [0.5, 0.6) is 0 Å². The maximum absolute atomic E-state index is 11.9. The van der Waals surface area contributed by atoms with Crippen LogP contribution in [0, 0.1) is 0 Å². The molecule has 2 aliphatic rings. The second-order valence-electron chi connectivity index (χ2n) is 6.57. The van der Waals surface area contributed by atoms with E-state index in [2.05, 4.69) is 27.8 Å². The maximum Gasteiger partial charge on any atom is 0.242 e. The van der Waals surface area contributed by atoms with Crippen LogP contribution < -0.4 is 16.4 Å². The Morgan fingerprint density at radius 3 is 2.74 bits per heavy atom. The number of aryl methyl sites for hydroxylation is 2. The molecule has 1 aromatic carbocycles. The summed E-state index contributed by atoms with van der Waals surface area (Å²) >= 11 is 0. The molecule has 0 aliphatic heterocycles. The molecule has 4 N–H and O–H groups in total. The average molecular weight is 314 g/mol. The van der Waals surface area contributed by atoms with Crippen molar-refractivity contribution in [3.8, 4) is 0 Å². The van der Waals surface area contributed by atoms with Crippen LogP contribution in [0.25, 0.3) is 0 Å². The van der Waals surface area contributed by atoms with Crippen molar-refractivity contribution in [1.82, 2.24) is 5.32 Å². The van der Waals surface area contributed by atoms with Gasteiger partial charge in [-0.15, -0.1) is 0 Å². The van der Waals surface area contributed by atoms with Gasteiger partial charge >= 0.3 is 0 Å². The Morgan fingerprint density at radius 2 is 1.91 bits per heavy atom. The van der Waals surface area contributed by atoms with Crippen LogP contribution in [0.15, 0.2) is 23.2 Å². The van der Waals surface area contributed by atoms with Crippen LogP contribution in [-0.4, -0.2) is 24.5 Å². The summed E-state index contributed by atoms with van der Waals surface area (Å²) in [4.78, 5) is 16.1. The van der Waals surface area contributed by atoms with E-state index in [0.29, 0.717) is 12.0 Å². The van der Waals surface area contributed by atoms with E-state index in [1.165, 1.54) is 43.2 Å². The number of nitrogens with two attached hydrogens (primary N) is 1. The van der Waals surface area contributed by atoms with E-state index in [1.807, 2.05) is 6.07 Å². The number of carbonyl (C=O) groups excluding carboxylic acids is 1. The summed E-state index contributed by atoms with van der Waals surface area (Å²) in [7, 11) is 0. The van der Waals surface area contributed by atoms with E-state index in [9.17, 15) is 4.79 Å². The predicted molar refractivity (Wildman–Crippen MR) is 93.6 cm³/mol. The minimum atomic E-state index is -0.0457. The molecule has 5 heteroatoms. The van der Waals surface area contributed by atoms with Crippen molar-refractivity contribution in [2.24, 2.45) is 10.7 Å². The van der Waals surface area contributed by atoms with Gasteiger partial charge in [-0.3, -0.25) is 4.79 Å². The fraction of sp³-hybridized carbons (Fsp3) is 0.556. The molecule has 0 atom stereocenters. The highest BCUT2D eigenvalue weighted by atomic mass is 16.1. The van der Waals surface area contributed by atoms with E-state index in [-0.39, 0.29) is 12.5 Å². The Morgan fingerprint density at radius 1 is 1.13 bits per heavy atom. The zero-order valence-electron chi connectivity index (χ0n) is 13.6. The molecule has 124 valence electrons. The summed E-state index contributed by atoms with van der Waals surface area (Å²) in [6, 6.07) is 6.62. The van der Waals surface area contributed by atoms with Crippen molar-refractivity contribution in [3.05, 3.63) is 29.3 Å². The Balaban J connectivity index is 1.48. The molecule has 23 heavy (non-hydrogen) atoms. The van der Waals surface area contributed by atoms with Gasteiger partial charge in [-0.05, 0) is 55.4 Å². The van der Waals surface area contributed by atoms with Gasteiger partial charge in [0, 0.05) is 11.7 Å². The van der Waals surface area contributed by atoms with Crippen LogP contribution in [0.3, 0.4) is 0 Å². The Bertz CT molecular complexity index is 591. The molecule has 0 heterocycles. The van der Waals surface area contributed by atoms with Crippen molar-refractivity contribution >= 4 is 17.6 Å². The number of benzene rings is 1. The molecule has 0 radical (unpaired) electrons. The van der Waals surface area contributed by atoms with E-state index < -0.39 is 0 Å². The third-order valence-corrected chi connectivity index (χ3v) is 4.73. The van der Waals surface area contributed by atoms with Gasteiger partial charge in [0.05, 0.1) is 0 Å². The number of fused-ring (bicyclic) bond motifs is 1. The molecule has 1 amide bonds. The number of rotatable bonds is 4. The maximum atomic E-state index is 11.9. The van der Waals surface area contributed by atoms with Gasteiger partial charge in [0.1, 0.15) is 6.54 Å². The minimum Gasteiger partial charge on any atom is -0.370 e. The van der Waals surface area contributed by atoms with Crippen LogP contribution >= 0.6 is 0 Å². The zero-order valence-corrected chi connectivity index (χ0v) is 13.6. The summed E-state index contributed by atoms with van der Waals surface area (Å²) < 4.78 is 0. The number of carbonyl (C=O) groups is 1. The van der Waals surface area contributed by atoms with Crippen molar-refractivity contribution in [2.45, 2.75) is 57.4 Å². The monoisotopic (exact) mass is 314 g/mol. The summed E-state index contributed by atoms with van der Waals surface area (Å²) in [6.07, 6.45) is 9.38. The summed E-state index contributed by atoms with van der Waals surface area (Å²) in [5.74, 6) is 0.248. The topological polar surface area (TPSA) is 79.5 Å². The van der Waals surface area contributed by atoms with Gasteiger partial charge < -0.3 is 16.4 Å². The lowest BCUT2D eigenvalue weighted by Crippen LogP contribution is -2.38. The van der Waals surface area contributed by atoms with E-state index in [4.69, 9.17) is 5.73 Å². The molecule has 1 fully saturated rings. The third kappa shape index (κ3) is 4.47. The second-order valence-corrected chi connectivity index (χ2v) is 6.57. The van der Waals surface area contributed by atoms with Gasteiger partial charge in [-0.2, -0.15) is 0 Å².